The first-order valence-electron chi connectivity index (χ1n) is 9.23. The highest BCUT2D eigenvalue weighted by Gasteiger charge is 2.11. The molecular formula is C21H24IN3O5. The number of nitrogens with one attached hydrogen (secondary N) is 2. The normalized spacial score (nSPS) is 10.5. The fraction of sp³-hybridized carbons (Fsp3) is 0.286. The Labute approximate surface area is 189 Å². The zero-order valence-electron chi connectivity index (χ0n) is 17.0. The van der Waals surface area contributed by atoms with Crippen LogP contribution in [0, 0.1) is 3.57 Å². The molecule has 8 nitrogen and oxygen atoms in total. The molecule has 0 heterocycles. The number of hydrogen-bond acceptors (Lipinski definition) is 6. The van der Waals surface area contributed by atoms with Gasteiger partial charge in [0.2, 0.25) is 5.91 Å². The summed E-state index contributed by atoms with van der Waals surface area (Å²) in [6, 6.07) is 10.4. The second-order valence-electron chi connectivity index (χ2n) is 5.99. The molecule has 0 unspecified atom stereocenters. The van der Waals surface area contributed by atoms with Crippen LogP contribution < -0.4 is 25.0 Å². The molecule has 0 saturated carbocycles. The van der Waals surface area contributed by atoms with Gasteiger partial charge < -0.3 is 19.5 Å². The van der Waals surface area contributed by atoms with Crippen LogP contribution in [-0.4, -0.2) is 45.4 Å². The minimum Gasteiger partial charge on any atom is -0.497 e. The van der Waals surface area contributed by atoms with Gasteiger partial charge >= 0.3 is 0 Å². The van der Waals surface area contributed by atoms with Crippen molar-refractivity contribution in [1.82, 2.24) is 10.7 Å². The molecule has 0 aliphatic carbocycles. The number of carbonyl (C=O) groups excluding carboxylic acids is 2. The lowest BCUT2D eigenvalue weighted by atomic mass is 10.2. The molecule has 0 radical (unpaired) electrons. The van der Waals surface area contributed by atoms with E-state index in [2.05, 4.69) is 38.4 Å². The van der Waals surface area contributed by atoms with Crippen LogP contribution in [0.25, 0.3) is 0 Å². The van der Waals surface area contributed by atoms with Gasteiger partial charge in [-0.2, -0.15) is 5.10 Å². The molecule has 160 valence electrons. The number of benzene rings is 2. The van der Waals surface area contributed by atoms with Gasteiger partial charge in [-0.1, -0.05) is 0 Å². The molecule has 2 rings (SSSR count). The van der Waals surface area contributed by atoms with Gasteiger partial charge in [0.1, 0.15) is 5.75 Å². The van der Waals surface area contributed by atoms with E-state index in [1.165, 1.54) is 6.21 Å². The van der Waals surface area contributed by atoms with E-state index in [9.17, 15) is 9.59 Å². The molecule has 2 aromatic carbocycles. The number of carbonyl (C=O) groups is 2. The number of nitrogens with zero attached hydrogens (tertiary/aromatic N) is 1. The molecule has 0 fully saturated rings. The molecule has 0 spiro atoms. The maximum atomic E-state index is 12.1. The van der Waals surface area contributed by atoms with Gasteiger partial charge in [0, 0.05) is 18.5 Å². The predicted molar refractivity (Wildman–Crippen MR) is 123 cm³/mol. The van der Waals surface area contributed by atoms with Crippen LogP contribution in [0.4, 0.5) is 0 Å². The Morgan fingerprint density at radius 3 is 2.50 bits per heavy atom. The Morgan fingerprint density at radius 2 is 1.87 bits per heavy atom. The standard InChI is InChI=1S/C21H24IN3O5/c1-4-30-20-17(22)11-14(12-18(20)29-3)13-24-25-19(26)9-10-23-21(27)15-5-7-16(28-2)8-6-15/h5-8,11-13H,4,9-10H2,1-3H3,(H,23,27)(H,25,26). The fourth-order valence-corrected chi connectivity index (χ4v) is 3.25. The SMILES string of the molecule is CCOc1c(I)cc(C=NNC(=O)CCNC(=O)c2ccc(OC)cc2)cc1OC. The average molecular weight is 525 g/mol. The summed E-state index contributed by atoms with van der Waals surface area (Å²) in [5.41, 5.74) is 3.70. The summed E-state index contributed by atoms with van der Waals surface area (Å²) in [6.45, 7) is 2.63. The van der Waals surface area contributed by atoms with Crippen molar-refractivity contribution in [3.8, 4) is 17.2 Å². The van der Waals surface area contributed by atoms with Gasteiger partial charge in [-0.25, -0.2) is 5.43 Å². The number of amides is 2. The van der Waals surface area contributed by atoms with Crippen molar-refractivity contribution in [1.29, 1.82) is 0 Å². The average Bonchev–Trinajstić information content (AvgIpc) is 2.75. The third-order valence-electron chi connectivity index (χ3n) is 3.93. The molecule has 0 aromatic heterocycles. The Balaban J connectivity index is 1.82. The first-order chi connectivity index (χ1) is 14.5. The lowest BCUT2D eigenvalue weighted by molar-refractivity contribution is -0.120. The molecule has 0 aliphatic rings. The molecular weight excluding hydrogens is 501 g/mol. The van der Waals surface area contributed by atoms with Crippen LogP contribution in [0.1, 0.15) is 29.3 Å². The minimum atomic E-state index is -0.311. The van der Waals surface area contributed by atoms with Crippen molar-refractivity contribution in [2.45, 2.75) is 13.3 Å². The highest BCUT2D eigenvalue weighted by molar-refractivity contribution is 14.1. The van der Waals surface area contributed by atoms with E-state index in [0.29, 0.717) is 29.4 Å². The van der Waals surface area contributed by atoms with Crippen molar-refractivity contribution in [3.05, 3.63) is 51.1 Å². The molecule has 0 aliphatic heterocycles. The second-order valence-corrected chi connectivity index (χ2v) is 7.16. The van der Waals surface area contributed by atoms with Crippen LogP contribution in [0.5, 0.6) is 17.2 Å². The van der Waals surface area contributed by atoms with Crippen LogP contribution in [0.2, 0.25) is 0 Å². The number of hydrazone groups is 1. The van der Waals surface area contributed by atoms with E-state index in [0.717, 1.165) is 9.13 Å². The maximum absolute atomic E-state index is 12.1. The van der Waals surface area contributed by atoms with E-state index >= 15 is 0 Å². The summed E-state index contributed by atoms with van der Waals surface area (Å²) in [6.07, 6.45) is 1.62. The Kier molecular flexibility index (Phi) is 9.39. The predicted octanol–water partition coefficient (Wildman–Crippen LogP) is 2.98. The van der Waals surface area contributed by atoms with E-state index in [1.807, 2.05) is 13.0 Å². The van der Waals surface area contributed by atoms with Crippen molar-refractivity contribution in [3.63, 3.8) is 0 Å². The summed E-state index contributed by atoms with van der Waals surface area (Å²) in [4.78, 5) is 24.0. The third-order valence-corrected chi connectivity index (χ3v) is 4.73. The monoisotopic (exact) mass is 525 g/mol. The molecule has 0 bridgehead atoms. The number of ether oxygens (including phenoxy) is 3. The summed E-state index contributed by atoms with van der Waals surface area (Å²) in [5, 5.41) is 6.65. The highest BCUT2D eigenvalue weighted by atomic mass is 127. The molecule has 2 amide bonds. The Bertz CT molecular complexity index is 900. The van der Waals surface area contributed by atoms with Crippen LogP contribution >= 0.6 is 22.6 Å². The number of methoxy groups -OCH3 is 2. The number of hydrogen-bond donors (Lipinski definition) is 2. The smallest absolute Gasteiger partial charge is 0.251 e. The van der Waals surface area contributed by atoms with Crippen molar-refractivity contribution < 1.29 is 23.8 Å². The molecule has 2 N–H and O–H groups in total. The quantitative estimate of drug-likeness (QED) is 0.283. The van der Waals surface area contributed by atoms with Crippen LogP contribution in [0.15, 0.2) is 41.5 Å². The van der Waals surface area contributed by atoms with Crippen molar-refractivity contribution in [2.24, 2.45) is 5.10 Å². The van der Waals surface area contributed by atoms with Crippen LogP contribution in [0.3, 0.4) is 0 Å². The number of rotatable bonds is 10. The van der Waals surface area contributed by atoms with Gasteiger partial charge in [-0.05, 0) is 71.5 Å². The molecule has 0 atom stereocenters. The molecule has 9 heteroatoms. The first kappa shape index (κ1) is 23.5. The summed E-state index contributed by atoms with van der Waals surface area (Å²) in [5.74, 6) is 1.37. The van der Waals surface area contributed by atoms with E-state index in [1.54, 1.807) is 44.6 Å². The lowest BCUT2D eigenvalue weighted by Gasteiger charge is -2.12. The zero-order valence-corrected chi connectivity index (χ0v) is 19.2. The van der Waals surface area contributed by atoms with Crippen molar-refractivity contribution in [2.75, 3.05) is 27.4 Å². The van der Waals surface area contributed by atoms with Gasteiger partial charge in [0.15, 0.2) is 11.5 Å². The Morgan fingerprint density at radius 1 is 1.13 bits per heavy atom. The largest absolute Gasteiger partial charge is 0.497 e. The van der Waals surface area contributed by atoms with Gasteiger partial charge in [-0.15, -0.1) is 0 Å². The maximum Gasteiger partial charge on any atom is 0.251 e. The number of halogens is 1. The highest BCUT2D eigenvalue weighted by Crippen LogP contribution is 2.33. The fourth-order valence-electron chi connectivity index (χ4n) is 2.47. The van der Waals surface area contributed by atoms with E-state index in [4.69, 9.17) is 14.2 Å². The van der Waals surface area contributed by atoms with Crippen LogP contribution in [-0.2, 0) is 4.79 Å². The minimum absolute atomic E-state index is 0.101. The van der Waals surface area contributed by atoms with Crippen molar-refractivity contribution >= 4 is 40.6 Å². The second kappa shape index (κ2) is 12.0. The van der Waals surface area contributed by atoms with Gasteiger partial charge in [0.25, 0.3) is 5.91 Å². The lowest BCUT2D eigenvalue weighted by Crippen LogP contribution is -2.29. The van der Waals surface area contributed by atoms with Gasteiger partial charge in [0.05, 0.1) is 30.6 Å². The van der Waals surface area contributed by atoms with E-state index < -0.39 is 0 Å². The molecule has 2 aromatic rings. The topological polar surface area (TPSA) is 98.2 Å². The third kappa shape index (κ3) is 6.90. The summed E-state index contributed by atoms with van der Waals surface area (Å²) < 4.78 is 16.9. The summed E-state index contributed by atoms with van der Waals surface area (Å²) >= 11 is 2.16. The van der Waals surface area contributed by atoms with E-state index in [-0.39, 0.29) is 24.8 Å². The zero-order chi connectivity index (χ0) is 21.9. The summed E-state index contributed by atoms with van der Waals surface area (Å²) in [7, 11) is 3.13. The molecule has 0 saturated heterocycles. The van der Waals surface area contributed by atoms with Gasteiger partial charge in [-0.3, -0.25) is 9.59 Å². The Hall–Kier alpha value is -2.82. The molecule has 30 heavy (non-hydrogen) atoms. The first-order valence-corrected chi connectivity index (χ1v) is 10.3.